The molecule has 0 saturated carbocycles. The Morgan fingerprint density at radius 3 is 2.60 bits per heavy atom. The second kappa shape index (κ2) is 11.0. The largest absolute Gasteiger partial charge is 0.432 e. The Labute approximate surface area is 247 Å². The molecule has 2 saturated heterocycles. The quantitative estimate of drug-likeness (QED) is 0.383. The van der Waals surface area contributed by atoms with Gasteiger partial charge in [-0.05, 0) is 62.7 Å². The summed E-state index contributed by atoms with van der Waals surface area (Å²) in [6, 6.07) is 15.4. The molecule has 0 radical (unpaired) electrons. The van der Waals surface area contributed by atoms with Gasteiger partial charge in [0.1, 0.15) is 0 Å². The molecule has 1 spiro atoms. The second-order valence-electron chi connectivity index (χ2n) is 12.3. The average molecular weight is 590 g/mol. The normalized spacial score (nSPS) is 26.0. The number of para-hydroxylation sites is 1. The van der Waals surface area contributed by atoms with E-state index in [2.05, 4.69) is 10.3 Å². The lowest BCUT2D eigenvalue weighted by Gasteiger charge is -2.33. The van der Waals surface area contributed by atoms with Crippen LogP contribution in [0.15, 0.2) is 54.7 Å². The predicted molar refractivity (Wildman–Crippen MR) is 161 cm³/mol. The molecular formula is C31H39N5O5Si. The van der Waals surface area contributed by atoms with Gasteiger partial charge in [0.15, 0.2) is 13.9 Å². The number of aromatic nitrogens is 3. The molecule has 10 nitrogen and oxygen atoms in total. The second-order valence-corrected chi connectivity index (χ2v) is 16.2. The molecular weight excluding hydrogens is 550 g/mol. The Morgan fingerprint density at radius 2 is 1.88 bits per heavy atom. The minimum Gasteiger partial charge on any atom is -0.432 e. The number of nitrogens with zero attached hydrogens (tertiary/aromatic N) is 5. The number of hydrogen-bond acceptors (Lipinski definition) is 7. The van der Waals surface area contributed by atoms with E-state index in [0.717, 1.165) is 35.5 Å². The number of piperidine rings is 1. The summed E-state index contributed by atoms with van der Waals surface area (Å²) in [6.07, 6.45) is 4.72. The van der Waals surface area contributed by atoms with Crippen molar-refractivity contribution in [1.29, 1.82) is 0 Å². The van der Waals surface area contributed by atoms with E-state index in [-0.39, 0.29) is 29.9 Å². The number of amides is 2. The molecule has 6 rings (SSSR count). The Hall–Kier alpha value is -3.38. The van der Waals surface area contributed by atoms with Crippen molar-refractivity contribution in [2.24, 2.45) is 5.92 Å². The third-order valence-electron chi connectivity index (χ3n) is 9.12. The molecule has 2 amide bonds. The fraction of sp³-hybridized carbons (Fsp3) is 0.484. The standard InChI is InChI=1S/C31H39N5O5Si/c1-21-29(42(2,3)40)27(14-17-34-20-22(15-18-37)32-33-34)41-31(21)25-19-24(35-16-8-7-11-28(35)38)12-13-26(25)36(30(31)39)23-9-5-4-6-10-23/h4-6,9-10,12-13,19-21,27,29,37,40H,7-8,11,14-18H2,1-3H3/t21-,27+,29-,31+/m1/s1. The number of hydrogen-bond donors (Lipinski definition) is 2. The first-order valence-electron chi connectivity index (χ1n) is 14.9. The molecule has 2 N–H and O–H groups in total. The summed E-state index contributed by atoms with van der Waals surface area (Å²) in [5, 5.41) is 17.6. The van der Waals surface area contributed by atoms with E-state index >= 15 is 0 Å². The van der Waals surface area contributed by atoms with Crippen LogP contribution < -0.4 is 9.80 Å². The number of anilines is 3. The van der Waals surface area contributed by atoms with E-state index in [1.165, 1.54) is 0 Å². The van der Waals surface area contributed by atoms with Crippen LogP contribution in [0.5, 0.6) is 0 Å². The molecule has 1 aromatic heterocycles. The Bertz CT molecular complexity index is 1470. The highest BCUT2D eigenvalue weighted by Crippen LogP contribution is 2.61. The first-order chi connectivity index (χ1) is 20.1. The van der Waals surface area contributed by atoms with Crippen molar-refractivity contribution in [1.82, 2.24) is 15.0 Å². The van der Waals surface area contributed by atoms with Gasteiger partial charge in [-0.25, -0.2) is 0 Å². The number of aryl methyl sites for hydroxylation is 1. The van der Waals surface area contributed by atoms with Crippen LogP contribution in [0.3, 0.4) is 0 Å². The van der Waals surface area contributed by atoms with Crippen LogP contribution in [-0.2, 0) is 32.9 Å². The van der Waals surface area contributed by atoms with Gasteiger partial charge < -0.3 is 19.5 Å². The summed E-state index contributed by atoms with van der Waals surface area (Å²) in [4.78, 5) is 42.8. The van der Waals surface area contributed by atoms with Crippen LogP contribution in [0.1, 0.15) is 43.9 Å². The molecule has 2 aromatic carbocycles. The molecule has 0 aliphatic carbocycles. The molecule has 3 aromatic rings. The minimum atomic E-state index is -2.84. The summed E-state index contributed by atoms with van der Waals surface area (Å²) < 4.78 is 8.71. The lowest BCUT2D eigenvalue weighted by molar-refractivity contribution is -0.145. The van der Waals surface area contributed by atoms with Gasteiger partial charge >= 0.3 is 0 Å². The summed E-state index contributed by atoms with van der Waals surface area (Å²) >= 11 is 0. The molecule has 4 atom stereocenters. The van der Waals surface area contributed by atoms with Crippen LogP contribution in [0.25, 0.3) is 0 Å². The van der Waals surface area contributed by atoms with Crippen molar-refractivity contribution in [3.05, 3.63) is 66.0 Å². The van der Waals surface area contributed by atoms with Gasteiger partial charge in [0.2, 0.25) is 5.91 Å². The number of ether oxygens (including phenoxy) is 1. The molecule has 11 heteroatoms. The van der Waals surface area contributed by atoms with Crippen LogP contribution in [0.4, 0.5) is 17.1 Å². The van der Waals surface area contributed by atoms with Crippen molar-refractivity contribution in [2.75, 3.05) is 23.0 Å². The fourth-order valence-electron chi connectivity index (χ4n) is 7.28. The summed E-state index contributed by atoms with van der Waals surface area (Å²) in [5.74, 6) is -0.398. The highest BCUT2D eigenvalue weighted by Gasteiger charge is 2.66. The molecule has 2 fully saturated rings. The first-order valence-corrected chi connectivity index (χ1v) is 17.9. The van der Waals surface area contributed by atoms with Crippen molar-refractivity contribution >= 4 is 37.2 Å². The monoisotopic (exact) mass is 589 g/mol. The zero-order valence-electron chi connectivity index (χ0n) is 24.4. The van der Waals surface area contributed by atoms with Gasteiger partial charge in [-0.3, -0.25) is 19.2 Å². The first kappa shape index (κ1) is 28.7. The molecule has 222 valence electrons. The van der Waals surface area contributed by atoms with Gasteiger partial charge in [0.25, 0.3) is 5.91 Å². The van der Waals surface area contributed by atoms with Crippen LogP contribution in [0.2, 0.25) is 18.6 Å². The van der Waals surface area contributed by atoms with Crippen molar-refractivity contribution in [3.8, 4) is 0 Å². The van der Waals surface area contributed by atoms with Gasteiger partial charge in [0.05, 0.1) is 17.5 Å². The topological polar surface area (TPSA) is 121 Å². The zero-order valence-corrected chi connectivity index (χ0v) is 25.4. The third-order valence-corrected chi connectivity index (χ3v) is 11.6. The van der Waals surface area contributed by atoms with Crippen LogP contribution in [-0.4, -0.2) is 64.3 Å². The highest BCUT2D eigenvalue weighted by molar-refractivity contribution is 6.71. The van der Waals surface area contributed by atoms with Crippen LogP contribution >= 0.6 is 0 Å². The number of carbonyl (C=O) groups excluding carboxylic acids is 2. The van der Waals surface area contributed by atoms with Crippen molar-refractivity contribution < 1.29 is 24.2 Å². The molecule has 42 heavy (non-hydrogen) atoms. The van der Waals surface area contributed by atoms with E-state index in [9.17, 15) is 19.5 Å². The smallest absolute Gasteiger partial charge is 0.268 e. The average Bonchev–Trinajstić information content (AvgIpc) is 3.61. The Morgan fingerprint density at radius 1 is 1.10 bits per heavy atom. The molecule has 3 aliphatic rings. The number of aliphatic hydroxyl groups excluding tert-OH is 1. The van der Waals surface area contributed by atoms with E-state index in [4.69, 9.17) is 4.74 Å². The van der Waals surface area contributed by atoms with Gasteiger partial charge in [-0.1, -0.05) is 30.3 Å². The van der Waals surface area contributed by atoms with Crippen LogP contribution in [0, 0.1) is 5.92 Å². The summed E-state index contributed by atoms with van der Waals surface area (Å²) in [6.45, 7) is 7.00. The number of carbonyl (C=O) groups is 2. The highest BCUT2D eigenvalue weighted by atomic mass is 28.4. The Balaban J connectivity index is 1.43. The number of aliphatic hydroxyl groups is 1. The third kappa shape index (κ3) is 4.78. The summed E-state index contributed by atoms with van der Waals surface area (Å²) in [7, 11) is -2.84. The molecule has 0 bridgehead atoms. The number of benzene rings is 2. The lowest BCUT2D eigenvalue weighted by Crippen LogP contribution is -2.45. The minimum absolute atomic E-state index is 0.00128. The van der Waals surface area contributed by atoms with Gasteiger partial charge in [-0.15, -0.1) is 5.10 Å². The maximum atomic E-state index is 14.7. The van der Waals surface area contributed by atoms with E-state index < -0.39 is 20.0 Å². The molecule has 0 unspecified atom stereocenters. The maximum absolute atomic E-state index is 14.7. The molecule has 3 aliphatic heterocycles. The van der Waals surface area contributed by atoms with Gasteiger partial charge in [-0.2, -0.15) is 0 Å². The van der Waals surface area contributed by atoms with Crippen molar-refractivity contribution in [3.63, 3.8) is 0 Å². The zero-order chi connectivity index (χ0) is 29.6. The van der Waals surface area contributed by atoms with Gasteiger partial charge in [0, 0.05) is 67.1 Å². The maximum Gasteiger partial charge on any atom is 0.268 e. The summed E-state index contributed by atoms with van der Waals surface area (Å²) in [5.41, 5.74) is 2.18. The van der Waals surface area contributed by atoms with E-state index in [1.54, 1.807) is 9.58 Å². The van der Waals surface area contributed by atoms with E-state index in [1.807, 2.05) is 79.6 Å². The number of rotatable bonds is 8. The predicted octanol–water partition coefficient (Wildman–Crippen LogP) is 3.90. The fourth-order valence-corrected chi connectivity index (χ4v) is 9.88. The van der Waals surface area contributed by atoms with E-state index in [0.29, 0.717) is 38.0 Å². The van der Waals surface area contributed by atoms with Crippen molar-refractivity contribution in [2.45, 2.75) is 75.9 Å². The SMILES string of the molecule is C[C@@H]1[C@@H]([Si](C)(C)O)[C@H](CCn2cc(CCO)nn2)O[C@@]12C(=O)N(c1ccccc1)c1ccc(N3CCCCC3=O)cc12. The lowest BCUT2D eigenvalue weighted by atomic mass is 9.82. The molecule has 4 heterocycles. The number of fused-ring (bicyclic) bond motifs is 2. The Kier molecular flexibility index (Phi) is 7.54.